The Kier molecular flexibility index (Phi) is 4.71. The fourth-order valence-electron chi connectivity index (χ4n) is 3.66. The van der Waals surface area contributed by atoms with E-state index in [2.05, 4.69) is 30.4 Å². The first-order chi connectivity index (χ1) is 14.3. The number of imidazole rings is 1. The third-order valence-electron chi connectivity index (χ3n) is 5.26. The molecular formula is C21H22N6O2. The van der Waals surface area contributed by atoms with E-state index in [-0.39, 0.29) is 5.91 Å². The molecule has 0 saturated carbocycles. The van der Waals surface area contributed by atoms with Crippen LogP contribution in [0.1, 0.15) is 10.4 Å². The fraction of sp³-hybridized carbons (Fsp3) is 0.286. The molecule has 8 nitrogen and oxygen atoms in total. The minimum absolute atomic E-state index is 0.0880. The third kappa shape index (κ3) is 3.59. The van der Waals surface area contributed by atoms with Gasteiger partial charge in [-0.1, -0.05) is 18.2 Å². The lowest BCUT2D eigenvalue weighted by atomic mass is 10.2. The maximum Gasteiger partial charge on any atom is 0.251 e. The molecule has 0 aliphatic carbocycles. The highest BCUT2D eigenvalue weighted by atomic mass is 16.5. The second-order valence-corrected chi connectivity index (χ2v) is 7.15. The number of nitrogens with zero attached hydrogens (tertiary/aromatic N) is 3. The van der Waals surface area contributed by atoms with Crippen molar-refractivity contribution in [1.29, 1.82) is 0 Å². The van der Waals surface area contributed by atoms with Gasteiger partial charge in [0.2, 0.25) is 0 Å². The zero-order valence-corrected chi connectivity index (χ0v) is 15.9. The highest BCUT2D eigenvalue weighted by Gasteiger charge is 2.14. The van der Waals surface area contributed by atoms with Crippen LogP contribution in [0.2, 0.25) is 0 Å². The van der Waals surface area contributed by atoms with Crippen LogP contribution in [0, 0.1) is 0 Å². The van der Waals surface area contributed by atoms with Crippen LogP contribution in [0.3, 0.4) is 0 Å². The molecule has 148 valence electrons. The van der Waals surface area contributed by atoms with Crippen molar-refractivity contribution in [1.82, 2.24) is 30.4 Å². The van der Waals surface area contributed by atoms with Crippen LogP contribution in [0.25, 0.3) is 33.5 Å². The van der Waals surface area contributed by atoms with E-state index in [1.165, 1.54) is 0 Å². The summed E-state index contributed by atoms with van der Waals surface area (Å²) in [6, 6.07) is 13.4. The molecular weight excluding hydrogens is 368 g/mol. The Bertz CT molecular complexity index is 1160. The number of morpholine rings is 1. The highest BCUT2D eigenvalue weighted by Crippen LogP contribution is 2.26. The third-order valence-corrected chi connectivity index (χ3v) is 5.26. The van der Waals surface area contributed by atoms with E-state index in [1.54, 1.807) is 0 Å². The molecule has 0 atom stereocenters. The van der Waals surface area contributed by atoms with E-state index in [0.29, 0.717) is 17.9 Å². The van der Waals surface area contributed by atoms with Gasteiger partial charge in [0.15, 0.2) is 5.82 Å². The largest absolute Gasteiger partial charge is 0.379 e. The van der Waals surface area contributed by atoms with Crippen LogP contribution in [0.4, 0.5) is 0 Å². The molecule has 5 rings (SSSR count). The van der Waals surface area contributed by atoms with Crippen LogP contribution >= 0.6 is 0 Å². The van der Waals surface area contributed by atoms with Crippen molar-refractivity contribution in [2.75, 3.05) is 39.4 Å². The summed E-state index contributed by atoms with van der Waals surface area (Å²) < 4.78 is 5.34. The van der Waals surface area contributed by atoms with E-state index >= 15 is 0 Å². The summed E-state index contributed by atoms with van der Waals surface area (Å²) in [6.45, 7) is 4.80. The lowest BCUT2D eigenvalue weighted by Crippen LogP contribution is -2.41. The average molecular weight is 390 g/mol. The van der Waals surface area contributed by atoms with Crippen molar-refractivity contribution < 1.29 is 9.53 Å². The maximum absolute atomic E-state index is 12.5. The Balaban J connectivity index is 1.32. The number of rotatable bonds is 5. The quantitative estimate of drug-likeness (QED) is 0.485. The van der Waals surface area contributed by atoms with Gasteiger partial charge in [0, 0.05) is 37.1 Å². The van der Waals surface area contributed by atoms with Crippen molar-refractivity contribution in [2.45, 2.75) is 0 Å². The zero-order chi connectivity index (χ0) is 19.6. The van der Waals surface area contributed by atoms with Gasteiger partial charge in [-0.2, -0.15) is 5.10 Å². The minimum atomic E-state index is -0.0880. The number of para-hydroxylation sites is 1. The predicted molar refractivity (Wildman–Crippen MR) is 111 cm³/mol. The van der Waals surface area contributed by atoms with E-state index in [1.807, 2.05) is 42.5 Å². The summed E-state index contributed by atoms with van der Waals surface area (Å²) in [6.07, 6.45) is 0. The van der Waals surface area contributed by atoms with Gasteiger partial charge in [0.25, 0.3) is 5.91 Å². The lowest BCUT2D eigenvalue weighted by molar-refractivity contribution is 0.0383. The summed E-state index contributed by atoms with van der Waals surface area (Å²) in [5.41, 5.74) is 3.95. The van der Waals surface area contributed by atoms with Gasteiger partial charge in [-0.05, 0) is 24.3 Å². The molecule has 3 N–H and O–H groups in total. The molecule has 8 heteroatoms. The van der Waals surface area contributed by atoms with Crippen molar-refractivity contribution >= 4 is 27.8 Å². The average Bonchev–Trinajstić information content (AvgIpc) is 3.37. The molecule has 1 amide bonds. The standard InChI is InChI=1S/C21H22N6O2/c28-21(22-7-8-27-9-11-29-12-10-27)14-5-6-17-18(13-14)24-20(23-17)19-15-3-1-2-4-16(15)25-26-19/h1-6,13H,7-12H2,(H,22,28)(H,23,24)(H,25,26). The first kappa shape index (κ1) is 17.8. The van der Waals surface area contributed by atoms with Crippen LogP contribution in [0.5, 0.6) is 0 Å². The number of nitrogens with one attached hydrogen (secondary N) is 3. The van der Waals surface area contributed by atoms with Crippen molar-refractivity contribution in [2.24, 2.45) is 0 Å². The number of carbonyl (C=O) groups excluding carboxylic acids is 1. The Hall–Kier alpha value is -3.23. The summed E-state index contributed by atoms with van der Waals surface area (Å²) in [5.74, 6) is 0.595. The predicted octanol–water partition coefficient (Wildman–Crippen LogP) is 2.17. The van der Waals surface area contributed by atoms with E-state index in [4.69, 9.17) is 4.74 Å². The number of hydrogen-bond donors (Lipinski definition) is 3. The molecule has 3 heterocycles. The Labute approximate surface area is 167 Å². The minimum Gasteiger partial charge on any atom is -0.379 e. The van der Waals surface area contributed by atoms with Crippen LogP contribution < -0.4 is 5.32 Å². The van der Waals surface area contributed by atoms with Crippen LogP contribution in [-0.4, -0.2) is 70.4 Å². The zero-order valence-electron chi connectivity index (χ0n) is 15.9. The fourth-order valence-corrected chi connectivity index (χ4v) is 3.66. The molecule has 0 spiro atoms. The van der Waals surface area contributed by atoms with Gasteiger partial charge in [0.05, 0.1) is 29.8 Å². The highest BCUT2D eigenvalue weighted by molar-refractivity contribution is 5.98. The first-order valence-corrected chi connectivity index (χ1v) is 9.79. The smallest absolute Gasteiger partial charge is 0.251 e. The number of amides is 1. The second kappa shape index (κ2) is 7.65. The molecule has 0 bridgehead atoms. The number of aromatic amines is 2. The number of aromatic nitrogens is 4. The molecule has 2 aromatic heterocycles. The Morgan fingerprint density at radius 2 is 2.00 bits per heavy atom. The number of ether oxygens (including phenoxy) is 1. The SMILES string of the molecule is O=C(NCCN1CCOCC1)c1ccc2[nH]c(-c3n[nH]c4ccccc34)nc2c1. The number of carbonyl (C=O) groups is 1. The van der Waals surface area contributed by atoms with E-state index in [9.17, 15) is 4.79 Å². The van der Waals surface area contributed by atoms with Crippen molar-refractivity contribution in [3.8, 4) is 11.5 Å². The van der Waals surface area contributed by atoms with E-state index < -0.39 is 0 Å². The summed E-state index contributed by atoms with van der Waals surface area (Å²) >= 11 is 0. The van der Waals surface area contributed by atoms with Gasteiger partial charge < -0.3 is 15.0 Å². The molecule has 1 aliphatic rings. The van der Waals surface area contributed by atoms with Crippen molar-refractivity contribution in [3.05, 3.63) is 48.0 Å². The monoisotopic (exact) mass is 390 g/mol. The summed E-state index contributed by atoms with van der Waals surface area (Å²) in [7, 11) is 0. The normalized spacial score (nSPS) is 15.2. The number of hydrogen-bond acceptors (Lipinski definition) is 5. The molecule has 1 aliphatic heterocycles. The Morgan fingerprint density at radius 3 is 2.90 bits per heavy atom. The molecule has 1 fully saturated rings. The molecule has 0 radical (unpaired) electrons. The number of fused-ring (bicyclic) bond motifs is 2. The second-order valence-electron chi connectivity index (χ2n) is 7.15. The van der Waals surface area contributed by atoms with Gasteiger partial charge in [0.1, 0.15) is 5.69 Å². The van der Waals surface area contributed by atoms with Crippen LogP contribution in [-0.2, 0) is 4.74 Å². The molecule has 0 unspecified atom stereocenters. The molecule has 29 heavy (non-hydrogen) atoms. The maximum atomic E-state index is 12.5. The first-order valence-electron chi connectivity index (χ1n) is 9.79. The summed E-state index contributed by atoms with van der Waals surface area (Å²) in [4.78, 5) is 22.8. The van der Waals surface area contributed by atoms with Gasteiger partial charge in [-0.15, -0.1) is 0 Å². The molecule has 1 saturated heterocycles. The van der Waals surface area contributed by atoms with Gasteiger partial charge in [-0.3, -0.25) is 14.8 Å². The van der Waals surface area contributed by atoms with E-state index in [0.717, 1.165) is 60.5 Å². The number of benzene rings is 2. The topological polar surface area (TPSA) is 98.9 Å². The van der Waals surface area contributed by atoms with Crippen molar-refractivity contribution in [3.63, 3.8) is 0 Å². The lowest BCUT2D eigenvalue weighted by Gasteiger charge is -2.26. The summed E-state index contributed by atoms with van der Waals surface area (Å²) in [5, 5.41) is 11.4. The van der Waals surface area contributed by atoms with Gasteiger partial charge >= 0.3 is 0 Å². The Morgan fingerprint density at radius 1 is 1.14 bits per heavy atom. The van der Waals surface area contributed by atoms with Gasteiger partial charge in [-0.25, -0.2) is 4.98 Å². The molecule has 4 aromatic rings. The molecule has 2 aromatic carbocycles. The number of H-pyrrole nitrogens is 2. The van der Waals surface area contributed by atoms with Crippen LogP contribution in [0.15, 0.2) is 42.5 Å².